The molecule has 1 unspecified atom stereocenters. The van der Waals surface area contributed by atoms with Crippen molar-refractivity contribution in [2.24, 2.45) is 5.73 Å². The van der Waals surface area contributed by atoms with Crippen LogP contribution in [-0.4, -0.2) is 12.1 Å². The van der Waals surface area contributed by atoms with Crippen LogP contribution in [-0.2, 0) is 4.79 Å². The molecule has 0 bridgehead atoms. The Morgan fingerprint density at radius 3 is 2.64 bits per heavy atom. The Kier molecular flexibility index (Phi) is 5.84. The minimum atomic E-state index is -0.343. The number of amides is 1. The summed E-state index contributed by atoms with van der Waals surface area (Å²) in [6.07, 6.45) is 3.37. The molecule has 1 amide bonds. The number of rotatable bonds is 5. The van der Waals surface area contributed by atoms with E-state index in [4.69, 9.17) is 5.73 Å². The molecular formula is C8H17N2O. The first-order chi connectivity index (χ1) is 5.16. The number of nitrogens with two attached hydrogens (primary N) is 1. The Balaban J connectivity index is 3.23. The highest BCUT2D eigenvalue weighted by molar-refractivity contribution is 5.75. The third kappa shape index (κ3) is 7.33. The summed E-state index contributed by atoms with van der Waals surface area (Å²) in [6, 6.07) is 0. The molecule has 0 aromatic heterocycles. The van der Waals surface area contributed by atoms with Gasteiger partial charge in [-0.1, -0.05) is 19.8 Å². The molecule has 3 nitrogen and oxygen atoms in total. The monoisotopic (exact) mass is 157 g/mol. The van der Waals surface area contributed by atoms with Gasteiger partial charge in [0, 0.05) is 6.42 Å². The van der Waals surface area contributed by atoms with Crippen LogP contribution in [0.25, 0.3) is 0 Å². The van der Waals surface area contributed by atoms with E-state index in [1.165, 1.54) is 0 Å². The van der Waals surface area contributed by atoms with Gasteiger partial charge in [0.1, 0.15) is 0 Å². The summed E-state index contributed by atoms with van der Waals surface area (Å²) in [5, 5.41) is 3.69. The normalized spacial score (nSPS) is 12.6. The number of hydrogen-bond acceptors (Lipinski definition) is 2. The lowest BCUT2D eigenvalue weighted by atomic mass is 10.2. The van der Waals surface area contributed by atoms with Crippen LogP contribution in [0.1, 0.15) is 39.5 Å². The van der Waals surface area contributed by atoms with Crippen molar-refractivity contribution >= 4 is 5.91 Å². The quantitative estimate of drug-likeness (QED) is 0.605. The average molecular weight is 157 g/mol. The second kappa shape index (κ2) is 6.16. The van der Waals surface area contributed by atoms with Crippen LogP contribution in [0.2, 0.25) is 0 Å². The SMILES string of the molecule is CCCCCC(=O)[N]C(C)N. The van der Waals surface area contributed by atoms with E-state index in [2.05, 4.69) is 12.2 Å². The molecule has 0 aromatic carbocycles. The maximum Gasteiger partial charge on any atom is 0.242 e. The van der Waals surface area contributed by atoms with E-state index >= 15 is 0 Å². The zero-order valence-electron chi connectivity index (χ0n) is 7.34. The van der Waals surface area contributed by atoms with E-state index in [0.717, 1.165) is 19.3 Å². The zero-order valence-corrected chi connectivity index (χ0v) is 7.34. The van der Waals surface area contributed by atoms with Crippen LogP contribution in [0.4, 0.5) is 0 Å². The van der Waals surface area contributed by atoms with Gasteiger partial charge >= 0.3 is 0 Å². The van der Waals surface area contributed by atoms with E-state index < -0.39 is 0 Å². The van der Waals surface area contributed by atoms with Gasteiger partial charge in [-0.2, -0.15) is 0 Å². The summed E-state index contributed by atoms with van der Waals surface area (Å²) in [5.74, 6) is -0.0616. The second-order valence-corrected chi connectivity index (χ2v) is 2.72. The van der Waals surface area contributed by atoms with E-state index in [1.807, 2.05) is 0 Å². The molecule has 65 valence electrons. The second-order valence-electron chi connectivity index (χ2n) is 2.72. The van der Waals surface area contributed by atoms with Crippen LogP contribution in [0, 0.1) is 0 Å². The van der Waals surface area contributed by atoms with Crippen LogP contribution in [0.3, 0.4) is 0 Å². The molecular weight excluding hydrogens is 140 g/mol. The number of carbonyl (C=O) groups is 1. The summed E-state index contributed by atoms with van der Waals surface area (Å²) < 4.78 is 0. The van der Waals surface area contributed by atoms with Crippen molar-refractivity contribution in [3.8, 4) is 0 Å². The third-order valence-corrected chi connectivity index (χ3v) is 1.34. The molecule has 0 rings (SSSR count). The van der Waals surface area contributed by atoms with Gasteiger partial charge in [0.15, 0.2) is 0 Å². The minimum Gasteiger partial charge on any atom is -0.310 e. The standard InChI is InChI=1S/C8H17N2O/c1-3-4-5-6-8(11)10-7(2)9/h7H,3-6,9H2,1-2H3. The fraction of sp³-hybridized carbons (Fsp3) is 0.875. The Morgan fingerprint density at radius 1 is 1.55 bits per heavy atom. The lowest BCUT2D eigenvalue weighted by molar-refractivity contribution is -0.122. The number of nitrogens with zero attached hydrogens (tertiary/aromatic N) is 1. The molecule has 3 heteroatoms. The summed E-state index contributed by atoms with van der Waals surface area (Å²) >= 11 is 0. The molecule has 1 atom stereocenters. The van der Waals surface area contributed by atoms with Crippen molar-refractivity contribution in [2.75, 3.05) is 0 Å². The fourth-order valence-corrected chi connectivity index (χ4v) is 0.818. The summed E-state index contributed by atoms with van der Waals surface area (Å²) in [7, 11) is 0. The molecule has 0 aliphatic heterocycles. The van der Waals surface area contributed by atoms with E-state index in [-0.39, 0.29) is 12.1 Å². The minimum absolute atomic E-state index is 0.0616. The Morgan fingerprint density at radius 2 is 2.18 bits per heavy atom. The molecule has 0 aliphatic carbocycles. The molecule has 0 saturated heterocycles. The summed E-state index contributed by atoms with van der Waals surface area (Å²) in [6.45, 7) is 3.81. The topological polar surface area (TPSA) is 57.2 Å². The zero-order chi connectivity index (χ0) is 8.69. The average Bonchev–Trinajstić information content (AvgIpc) is 1.86. The summed E-state index contributed by atoms with van der Waals surface area (Å²) in [5.41, 5.74) is 5.31. The van der Waals surface area contributed by atoms with Gasteiger partial charge in [0.05, 0.1) is 6.17 Å². The Hall–Kier alpha value is -0.570. The van der Waals surface area contributed by atoms with Gasteiger partial charge in [-0.3, -0.25) is 4.79 Å². The first-order valence-corrected chi connectivity index (χ1v) is 4.16. The largest absolute Gasteiger partial charge is 0.310 e. The number of carbonyl (C=O) groups excluding carboxylic acids is 1. The van der Waals surface area contributed by atoms with Crippen molar-refractivity contribution in [3.05, 3.63) is 0 Å². The van der Waals surface area contributed by atoms with Gasteiger partial charge in [-0.05, 0) is 13.3 Å². The number of unbranched alkanes of at least 4 members (excludes halogenated alkanes) is 2. The van der Waals surface area contributed by atoms with Gasteiger partial charge in [0.2, 0.25) is 5.91 Å². The molecule has 11 heavy (non-hydrogen) atoms. The highest BCUT2D eigenvalue weighted by Crippen LogP contribution is 1.98. The maximum absolute atomic E-state index is 10.9. The molecule has 0 heterocycles. The van der Waals surface area contributed by atoms with Crippen molar-refractivity contribution in [1.82, 2.24) is 5.32 Å². The first-order valence-electron chi connectivity index (χ1n) is 4.16. The number of hydrogen-bond donors (Lipinski definition) is 1. The van der Waals surface area contributed by atoms with E-state index in [0.29, 0.717) is 6.42 Å². The molecule has 1 radical (unpaired) electrons. The molecule has 0 spiro atoms. The third-order valence-electron chi connectivity index (χ3n) is 1.34. The predicted octanol–water partition coefficient (Wildman–Crippen LogP) is 1.00. The van der Waals surface area contributed by atoms with Crippen molar-refractivity contribution in [3.63, 3.8) is 0 Å². The van der Waals surface area contributed by atoms with Crippen LogP contribution < -0.4 is 11.1 Å². The molecule has 0 fully saturated rings. The van der Waals surface area contributed by atoms with E-state index in [9.17, 15) is 4.79 Å². The van der Waals surface area contributed by atoms with Gasteiger partial charge in [-0.15, -0.1) is 0 Å². The maximum atomic E-state index is 10.9. The molecule has 0 saturated carbocycles. The van der Waals surface area contributed by atoms with Gasteiger partial charge < -0.3 is 5.73 Å². The smallest absolute Gasteiger partial charge is 0.242 e. The van der Waals surface area contributed by atoms with Crippen molar-refractivity contribution < 1.29 is 4.79 Å². The fourth-order valence-electron chi connectivity index (χ4n) is 0.818. The Bertz CT molecular complexity index is 113. The van der Waals surface area contributed by atoms with Gasteiger partial charge in [-0.25, -0.2) is 5.32 Å². The molecule has 2 N–H and O–H groups in total. The van der Waals surface area contributed by atoms with Crippen molar-refractivity contribution in [1.29, 1.82) is 0 Å². The highest BCUT2D eigenvalue weighted by atomic mass is 16.1. The first kappa shape index (κ1) is 10.4. The lowest BCUT2D eigenvalue weighted by Gasteiger charge is -2.03. The van der Waals surface area contributed by atoms with Gasteiger partial charge in [0.25, 0.3) is 0 Å². The van der Waals surface area contributed by atoms with Crippen LogP contribution in [0.15, 0.2) is 0 Å². The molecule has 0 aromatic rings. The van der Waals surface area contributed by atoms with Crippen molar-refractivity contribution in [2.45, 2.75) is 45.7 Å². The lowest BCUT2D eigenvalue weighted by Crippen LogP contribution is -2.32. The van der Waals surface area contributed by atoms with Crippen LogP contribution >= 0.6 is 0 Å². The Labute approximate surface area is 68.3 Å². The molecule has 0 aliphatic rings. The van der Waals surface area contributed by atoms with Crippen LogP contribution in [0.5, 0.6) is 0 Å². The van der Waals surface area contributed by atoms with E-state index in [1.54, 1.807) is 6.92 Å². The highest BCUT2D eigenvalue weighted by Gasteiger charge is 2.03. The summed E-state index contributed by atoms with van der Waals surface area (Å²) in [4.78, 5) is 10.9. The predicted molar refractivity (Wildman–Crippen MR) is 44.9 cm³/mol.